The number of carbonyl (C=O) groups is 2. The third-order valence-corrected chi connectivity index (χ3v) is 9.27. The molecule has 1 saturated heterocycles. The number of amides is 2. The van der Waals surface area contributed by atoms with E-state index < -0.39 is 11.5 Å². The van der Waals surface area contributed by atoms with Gasteiger partial charge in [-0.1, -0.05) is 36.4 Å². The molecule has 0 spiro atoms. The molecule has 1 aliphatic heterocycles. The van der Waals surface area contributed by atoms with Crippen LogP contribution in [0.4, 0.5) is 4.79 Å². The first-order chi connectivity index (χ1) is 23.1. The predicted molar refractivity (Wildman–Crippen MR) is 185 cm³/mol. The van der Waals surface area contributed by atoms with E-state index in [2.05, 4.69) is 62.3 Å². The number of aryl methyl sites for hydroxylation is 1. The number of hydrogen-bond acceptors (Lipinski definition) is 7. The summed E-state index contributed by atoms with van der Waals surface area (Å²) in [6.07, 6.45) is 5.34. The van der Waals surface area contributed by atoms with Crippen molar-refractivity contribution in [2.24, 2.45) is 5.92 Å². The molecule has 0 bridgehead atoms. The van der Waals surface area contributed by atoms with Gasteiger partial charge in [0.25, 0.3) is 0 Å². The van der Waals surface area contributed by atoms with Gasteiger partial charge in [-0.15, -0.1) is 10.2 Å². The van der Waals surface area contributed by atoms with E-state index in [1.165, 1.54) is 0 Å². The summed E-state index contributed by atoms with van der Waals surface area (Å²) < 4.78 is 18.6. The zero-order valence-corrected chi connectivity index (χ0v) is 28.7. The molecular weight excluding hydrogens is 606 g/mol. The van der Waals surface area contributed by atoms with E-state index in [1.807, 2.05) is 39.0 Å². The minimum Gasteiger partial charge on any atom is -0.480 e. The average molecular weight is 654 g/mol. The van der Waals surface area contributed by atoms with Crippen molar-refractivity contribution >= 4 is 22.9 Å². The van der Waals surface area contributed by atoms with Gasteiger partial charge >= 0.3 is 6.09 Å². The number of rotatable bonds is 11. The number of ether oxygens (including phenoxy) is 3. The van der Waals surface area contributed by atoms with Crippen LogP contribution in [0.1, 0.15) is 63.5 Å². The lowest BCUT2D eigenvalue weighted by Crippen LogP contribution is -2.51. The number of piperidine rings is 1. The summed E-state index contributed by atoms with van der Waals surface area (Å²) in [5.41, 5.74) is 4.38. The molecule has 2 aromatic carbocycles. The van der Waals surface area contributed by atoms with Crippen molar-refractivity contribution in [3.05, 3.63) is 78.0 Å². The minimum absolute atomic E-state index is 0.0843. The molecule has 10 nitrogen and oxygen atoms in total. The molecule has 2 atom stereocenters. The fourth-order valence-corrected chi connectivity index (χ4v) is 6.79. The van der Waals surface area contributed by atoms with Crippen LogP contribution < -0.4 is 4.74 Å². The lowest BCUT2D eigenvalue weighted by Gasteiger charge is -2.40. The molecule has 2 aliphatic rings. The molecule has 4 aromatic rings. The van der Waals surface area contributed by atoms with Crippen LogP contribution in [-0.2, 0) is 27.4 Å². The molecule has 254 valence electrons. The number of fused-ring (bicyclic) bond motifs is 1. The van der Waals surface area contributed by atoms with Gasteiger partial charge in [0.2, 0.25) is 11.8 Å². The summed E-state index contributed by atoms with van der Waals surface area (Å²) in [6.45, 7) is 8.48. The van der Waals surface area contributed by atoms with Gasteiger partial charge in [0, 0.05) is 74.7 Å². The third kappa shape index (κ3) is 7.65. The fraction of sp³-hybridized carbons (Fsp3) is 0.474. The Bertz CT molecular complexity index is 1730. The SMILES string of the molecule is COCCCn1cc(CN(C(=O)[C@H]2CN(C(=O)OC(C)(C)C)CC[C@@H]2c2cccc(-c3ccc(OC)nn3)c2)C2CC2)c2ccccc21. The van der Waals surface area contributed by atoms with Crippen LogP contribution in [-0.4, -0.2) is 82.1 Å². The molecule has 1 saturated carbocycles. The molecule has 2 aromatic heterocycles. The third-order valence-electron chi connectivity index (χ3n) is 9.27. The van der Waals surface area contributed by atoms with E-state index in [1.54, 1.807) is 25.2 Å². The lowest BCUT2D eigenvalue weighted by molar-refractivity contribution is -0.139. The van der Waals surface area contributed by atoms with Crippen molar-refractivity contribution in [3.8, 4) is 17.1 Å². The van der Waals surface area contributed by atoms with Crippen molar-refractivity contribution in [2.45, 2.75) is 77.1 Å². The van der Waals surface area contributed by atoms with Crippen LogP contribution in [0, 0.1) is 5.92 Å². The maximum absolute atomic E-state index is 14.9. The van der Waals surface area contributed by atoms with Crippen molar-refractivity contribution in [2.75, 3.05) is 33.9 Å². The topological polar surface area (TPSA) is 99.0 Å². The number of methoxy groups -OCH3 is 2. The van der Waals surface area contributed by atoms with Crippen LogP contribution in [0.2, 0.25) is 0 Å². The van der Waals surface area contributed by atoms with Crippen LogP contribution in [0.15, 0.2) is 66.9 Å². The van der Waals surface area contributed by atoms with Crippen LogP contribution in [0.3, 0.4) is 0 Å². The highest BCUT2D eigenvalue weighted by Crippen LogP contribution is 2.40. The van der Waals surface area contributed by atoms with Gasteiger partial charge in [0.1, 0.15) is 5.60 Å². The van der Waals surface area contributed by atoms with E-state index in [4.69, 9.17) is 14.2 Å². The Morgan fingerprint density at radius 2 is 1.79 bits per heavy atom. The molecule has 0 unspecified atom stereocenters. The second-order valence-electron chi connectivity index (χ2n) is 13.9. The zero-order chi connectivity index (χ0) is 33.8. The van der Waals surface area contributed by atoms with Gasteiger partial charge in [-0.25, -0.2) is 4.79 Å². The Hall–Kier alpha value is -4.44. The highest BCUT2D eigenvalue weighted by Gasteiger charge is 2.43. The van der Waals surface area contributed by atoms with Crippen LogP contribution >= 0.6 is 0 Å². The molecule has 0 radical (unpaired) electrons. The Balaban J connectivity index is 1.32. The highest BCUT2D eigenvalue weighted by molar-refractivity contribution is 5.86. The summed E-state index contributed by atoms with van der Waals surface area (Å²) in [4.78, 5) is 32.0. The van der Waals surface area contributed by atoms with Crippen molar-refractivity contribution < 1.29 is 23.8 Å². The second kappa shape index (κ2) is 14.4. The first-order valence-corrected chi connectivity index (χ1v) is 17.0. The zero-order valence-electron chi connectivity index (χ0n) is 28.7. The molecule has 2 amide bonds. The maximum atomic E-state index is 14.9. The number of hydrogen-bond donors (Lipinski definition) is 0. The smallest absolute Gasteiger partial charge is 0.410 e. The summed E-state index contributed by atoms with van der Waals surface area (Å²) in [6, 6.07) is 20.5. The van der Waals surface area contributed by atoms with Crippen LogP contribution in [0.25, 0.3) is 22.2 Å². The van der Waals surface area contributed by atoms with Gasteiger partial charge in [0.15, 0.2) is 0 Å². The highest BCUT2D eigenvalue weighted by atomic mass is 16.6. The standard InChI is InChI=1S/C38H47N5O5/c1-38(2,3)48-37(45)42-20-18-30(26-10-8-11-27(22-26)33-16-17-35(47-5)40-39-33)32(25-42)36(44)43(29-14-15-29)24-28-23-41(19-9-21-46-4)34-13-7-6-12-31(28)34/h6-8,10-13,16-17,22-23,29-30,32H,9,14-15,18-21,24-25H2,1-5H3/t30-,32+/m1/s1. The Morgan fingerprint density at radius 3 is 2.50 bits per heavy atom. The van der Waals surface area contributed by atoms with Gasteiger partial charge < -0.3 is 28.6 Å². The lowest BCUT2D eigenvalue weighted by atomic mass is 9.79. The van der Waals surface area contributed by atoms with E-state index in [9.17, 15) is 9.59 Å². The molecule has 2 fully saturated rings. The number of carbonyl (C=O) groups excluding carboxylic acids is 2. The summed E-state index contributed by atoms with van der Waals surface area (Å²) in [5.74, 6) is 0.0214. The number of para-hydroxylation sites is 1. The Labute approximate surface area is 283 Å². The molecule has 48 heavy (non-hydrogen) atoms. The van der Waals surface area contributed by atoms with Gasteiger partial charge in [0.05, 0.1) is 18.7 Å². The van der Waals surface area contributed by atoms with E-state index >= 15 is 0 Å². The first kappa shape index (κ1) is 33.5. The molecule has 0 N–H and O–H groups in total. The first-order valence-electron chi connectivity index (χ1n) is 17.0. The second-order valence-corrected chi connectivity index (χ2v) is 13.9. The molecular formula is C38H47N5O5. The van der Waals surface area contributed by atoms with Crippen molar-refractivity contribution in [1.29, 1.82) is 0 Å². The van der Waals surface area contributed by atoms with Crippen LogP contribution in [0.5, 0.6) is 5.88 Å². The van der Waals surface area contributed by atoms with E-state index in [-0.39, 0.29) is 24.0 Å². The number of nitrogens with zero attached hydrogens (tertiary/aromatic N) is 5. The predicted octanol–water partition coefficient (Wildman–Crippen LogP) is 6.68. The monoisotopic (exact) mass is 653 g/mol. The number of benzene rings is 2. The maximum Gasteiger partial charge on any atom is 0.410 e. The summed E-state index contributed by atoms with van der Waals surface area (Å²) in [5, 5.41) is 9.67. The summed E-state index contributed by atoms with van der Waals surface area (Å²) in [7, 11) is 3.29. The molecule has 3 heterocycles. The van der Waals surface area contributed by atoms with E-state index in [0.29, 0.717) is 38.5 Å². The molecule has 10 heteroatoms. The van der Waals surface area contributed by atoms with Crippen molar-refractivity contribution in [3.63, 3.8) is 0 Å². The quantitative estimate of drug-likeness (QED) is 0.167. The van der Waals surface area contributed by atoms with E-state index in [0.717, 1.165) is 59.1 Å². The van der Waals surface area contributed by atoms with Crippen molar-refractivity contribution in [1.82, 2.24) is 24.6 Å². The largest absolute Gasteiger partial charge is 0.480 e. The number of likely N-dealkylation sites (tertiary alicyclic amines) is 1. The molecule has 1 aliphatic carbocycles. The van der Waals surface area contributed by atoms with Gasteiger partial charge in [-0.05, 0) is 81.7 Å². The fourth-order valence-electron chi connectivity index (χ4n) is 6.79. The molecule has 6 rings (SSSR count). The average Bonchev–Trinajstić information content (AvgIpc) is 3.88. The number of aromatic nitrogens is 3. The summed E-state index contributed by atoms with van der Waals surface area (Å²) >= 11 is 0. The normalized spacial score (nSPS) is 18.1. The van der Waals surface area contributed by atoms with Gasteiger partial charge in [-0.3, -0.25) is 4.79 Å². The minimum atomic E-state index is -0.626. The van der Waals surface area contributed by atoms with Gasteiger partial charge in [-0.2, -0.15) is 0 Å². The Morgan fingerprint density at radius 1 is 0.979 bits per heavy atom. The Kier molecular flexibility index (Phi) is 10.0.